The van der Waals surface area contributed by atoms with Crippen LogP contribution in [0.4, 0.5) is 4.39 Å². The highest BCUT2D eigenvalue weighted by Crippen LogP contribution is 2.15. The van der Waals surface area contributed by atoms with Gasteiger partial charge in [0.1, 0.15) is 18.1 Å². The summed E-state index contributed by atoms with van der Waals surface area (Å²) in [6.07, 6.45) is 0. The first kappa shape index (κ1) is 18.1. The number of hydrogen-bond donors (Lipinski definition) is 1. The van der Waals surface area contributed by atoms with E-state index in [4.69, 9.17) is 9.15 Å². The van der Waals surface area contributed by atoms with E-state index >= 15 is 0 Å². The van der Waals surface area contributed by atoms with Crippen molar-refractivity contribution in [1.82, 2.24) is 15.1 Å². The predicted molar refractivity (Wildman–Crippen MR) is 91.6 cm³/mol. The Balaban J connectivity index is 1.67. The summed E-state index contributed by atoms with van der Waals surface area (Å²) in [6.45, 7) is -0.509. The van der Waals surface area contributed by atoms with Crippen LogP contribution in [0.5, 0.6) is 5.75 Å². The van der Waals surface area contributed by atoms with Crippen molar-refractivity contribution >= 4 is 11.8 Å². The Morgan fingerprint density at radius 2 is 1.81 bits per heavy atom. The van der Waals surface area contributed by atoms with Crippen molar-refractivity contribution in [1.29, 1.82) is 0 Å². The molecule has 138 valence electrons. The lowest BCUT2D eigenvalue weighted by Gasteiger charge is -2.04. The highest BCUT2D eigenvalue weighted by Gasteiger charge is 2.16. The van der Waals surface area contributed by atoms with E-state index in [1.54, 1.807) is 12.1 Å². The first-order valence-electron chi connectivity index (χ1n) is 7.78. The van der Waals surface area contributed by atoms with Crippen molar-refractivity contribution in [3.05, 3.63) is 70.5 Å². The molecule has 0 atom stereocenters. The zero-order valence-corrected chi connectivity index (χ0v) is 14.1. The van der Waals surface area contributed by atoms with Gasteiger partial charge in [0.2, 0.25) is 11.8 Å². The van der Waals surface area contributed by atoms with Crippen molar-refractivity contribution in [2.24, 2.45) is 0 Å². The molecule has 0 aliphatic rings. The summed E-state index contributed by atoms with van der Waals surface area (Å²) in [5, 5.41) is 6.04. The second kappa shape index (κ2) is 7.65. The van der Waals surface area contributed by atoms with Gasteiger partial charge in [0.25, 0.3) is 5.91 Å². The number of imide groups is 1. The second-order valence-corrected chi connectivity index (χ2v) is 5.44. The summed E-state index contributed by atoms with van der Waals surface area (Å²) in [4.78, 5) is 35.9. The van der Waals surface area contributed by atoms with Gasteiger partial charge in [0.05, 0.1) is 7.11 Å². The van der Waals surface area contributed by atoms with Gasteiger partial charge in [0.15, 0.2) is 0 Å². The maximum atomic E-state index is 13.0. The molecule has 1 heterocycles. The van der Waals surface area contributed by atoms with Crippen LogP contribution in [0.3, 0.4) is 0 Å². The summed E-state index contributed by atoms with van der Waals surface area (Å²) in [6, 6.07) is 11.3. The molecule has 2 aromatic carbocycles. The van der Waals surface area contributed by atoms with Crippen molar-refractivity contribution in [2.75, 3.05) is 7.11 Å². The van der Waals surface area contributed by atoms with Gasteiger partial charge in [-0.05, 0) is 48.5 Å². The number of nitrogens with one attached hydrogen (secondary N) is 1. The van der Waals surface area contributed by atoms with Gasteiger partial charge < -0.3 is 9.15 Å². The molecule has 0 unspecified atom stereocenters. The molecule has 0 bridgehead atoms. The Hall–Kier alpha value is -3.75. The summed E-state index contributed by atoms with van der Waals surface area (Å²) in [7, 11) is 1.49. The predicted octanol–water partition coefficient (Wildman–Crippen LogP) is 1.61. The van der Waals surface area contributed by atoms with Gasteiger partial charge in [-0.3, -0.25) is 14.9 Å². The highest BCUT2D eigenvalue weighted by atomic mass is 19.1. The zero-order chi connectivity index (χ0) is 19.4. The normalized spacial score (nSPS) is 10.4. The van der Waals surface area contributed by atoms with Crippen LogP contribution >= 0.6 is 0 Å². The third-order valence-corrected chi connectivity index (χ3v) is 3.60. The third-order valence-electron chi connectivity index (χ3n) is 3.60. The van der Waals surface area contributed by atoms with Crippen LogP contribution in [0.15, 0.2) is 57.7 Å². The molecule has 0 aliphatic carbocycles. The number of aromatic nitrogens is 2. The SMILES string of the molecule is COc1ccc(C(=O)NC(=O)Cn2nc(-c3ccc(F)cc3)oc2=O)cc1. The zero-order valence-electron chi connectivity index (χ0n) is 14.1. The van der Waals surface area contributed by atoms with E-state index < -0.39 is 29.9 Å². The Morgan fingerprint density at radius 3 is 2.44 bits per heavy atom. The number of hydrogen-bond acceptors (Lipinski definition) is 6. The number of nitrogens with zero attached hydrogens (tertiary/aromatic N) is 2. The van der Waals surface area contributed by atoms with E-state index in [-0.39, 0.29) is 11.5 Å². The highest BCUT2D eigenvalue weighted by molar-refractivity contribution is 6.04. The Bertz CT molecular complexity index is 1020. The van der Waals surface area contributed by atoms with Crippen LogP contribution in [0.1, 0.15) is 10.4 Å². The van der Waals surface area contributed by atoms with Crippen LogP contribution in [0.2, 0.25) is 0 Å². The average Bonchev–Trinajstić information content (AvgIpc) is 3.02. The second-order valence-electron chi connectivity index (χ2n) is 5.44. The summed E-state index contributed by atoms with van der Waals surface area (Å²) in [5.74, 6) is -2.18. The fraction of sp³-hybridized carbons (Fsp3) is 0.111. The van der Waals surface area contributed by atoms with E-state index in [9.17, 15) is 18.8 Å². The standard InChI is InChI=1S/C18H14FN3O5/c1-26-14-8-4-11(5-9-14)16(24)20-15(23)10-22-18(25)27-17(21-22)12-2-6-13(19)7-3-12/h2-9H,10H2,1H3,(H,20,23,24). The van der Waals surface area contributed by atoms with Gasteiger partial charge in [0, 0.05) is 11.1 Å². The van der Waals surface area contributed by atoms with Crippen LogP contribution in [-0.2, 0) is 11.3 Å². The quantitative estimate of drug-likeness (QED) is 0.731. The van der Waals surface area contributed by atoms with E-state index in [0.29, 0.717) is 11.3 Å². The molecular weight excluding hydrogens is 357 g/mol. The number of amides is 2. The summed E-state index contributed by atoms with van der Waals surface area (Å²) >= 11 is 0. The van der Waals surface area contributed by atoms with E-state index in [2.05, 4.69) is 10.4 Å². The first-order valence-corrected chi connectivity index (χ1v) is 7.78. The van der Waals surface area contributed by atoms with E-state index in [1.165, 1.54) is 43.5 Å². The number of ether oxygens (including phenoxy) is 1. The molecule has 27 heavy (non-hydrogen) atoms. The molecular formula is C18H14FN3O5. The number of methoxy groups -OCH3 is 1. The maximum absolute atomic E-state index is 13.0. The first-order chi connectivity index (χ1) is 13.0. The Morgan fingerprint density at radius 1 is 1.15 bits per heavy atom. The topological polar surface area (TPSA) is 103 Å². The molecule has 0 saturated heterocycles. The molecule has 0 radical (unpaired) electrons. The lowest BCUT2D eigenvalue weighted by atomic mass is 10.2. The molecule has 0 fully saturated rings. The number of halogens is 1. The number of carbonyl (C=O) groups is 2. The van der Waals surface area contributed by atoms with Crippen LogP contribution in [0, 0.1) is 5.82 Å². The molecule has 2 amide bonds. The molecule has 0 saturated carbocycles. The molecule has 0 spiro atoms. The van der Waals surface area contributed by atoms with Crippen molar-refractivity contribution in [3.8, 4) is 17.2 Å². The van der Waals surface area contributed by atoms with Crippen LogP contribution in [-0.4, -0.2) is 28.7 Å². The van der Waals surface area contributed by atoms with Crippen LogP contribution < -0.4 is 15.8 Å². The number of rotatable bonds is 5. The smallest absolute Gasteiger partial charge is 0.437 e. The minimum Gasteiger partial charge on any atom is -0.497 e. The van der Waals surface area contributed by atoms with Crippen molar-refractivity contribution < 1.29 is 23.1 Å². The van der Waals surface area contributed by atoms with Crippen LogP contribution in [0.25, 0.3) is 11.5 Å². The summed E-state index contributed by atoms with van der Waals surface area (Å²) < 4.78 is 23.7. The molecule has 8 nitrogen and oxygen atoms in total. The van der Waals surface area contributed by atoms with Gasteiger partial charge in [-0.2, -0.15) is 4.68 Å². The number of benzene rings is 2. The van der Waals surface area contributed by atoms with Crippen molar-refractivity contribution in [3.63, 3.8) is 0 Å². The lowest BCUT2D eigenvalue weighted by Crippen LogP contribution is -2.35. The minimum atomic E-state index is -0.874. The molecule has 9 heteroatoms. The Kier molecular flexibility index (Phi) is 5.11. The molecule has 1 N–H and O–H groups in total. The maximum Gasteiger partial charge on any atom is 0.437 e. The van der Waals surface area contributed by atoms with E-state index in [0.717, 1.165) is 4.68 Å². The van der Waals surface area contributed by atoms with Gasteiger partial charge >= 0.3 is 5.76 Å². The fourth-order valence-corrected chi connectivity index (χ4v) is 2.23. The largest absolute Gasteiger partial charge is 0.497 e. The molecule has 1 aromatic heterocycles. The minimum absolute atomic E-state index is 0.0609. The van der Waals surface area contributed by atoms with E-state index in [1.807, 2.05) is 0 Å². The average molecular weight is 371 g/mol. The van der Waals surface area contributed by atoms with Gasteiger partial charge in [-0.15, -0.1) is 5.10 Å². The number of carbonyl (C=O) groups excluding carboxylic acids is 2. The van der Waals surface area contributed by atoms with Crippen molar-refractivity contribution in [2.45, 2.75) is 6.54 Å². The molecule has 3 aromatic rings. The third kappa shape index (κ3) is 4.27. The molecule has 0 aliphatic heterocycles. The lowest BCUT2D eigenvalue weighted by molar-refractivity contribution is -0.120. The van der Waals surface area contributed by atoms with Gasteiger partial charge in [-0.1, -0.05) is 0 Å². The molecule has 3 rings (SSSR count). The Labute approximate surface area is 152 Å². The monoisotopic (exact) mass is 371 g/mol. The summed E-state index contributed by atoms with van der Waals surface area (Å²) in [5.41, 5.74) is 0.630. The fourth-order valence-electron chi connectivity index (χ4n) is 2.23. The van der Waals surface area contributed by atoms with Gasteiger partial charge in [-0.25, -0.2) is 9.18 Å².